The van der Waals surface area contributed by atoms with Crippen molar-refractivity contribution in [3.63, 3.8) is 0 Å². The van der Waals surface area contributed by atoms with Crippen LogP contribution in [0.4, 0.5) is 0 Å². The van der Waals surface area contributed by atoms with Crippen LogP contribution in [-0.4, -0.2) is 68.8 Å². The topological polar surface area (TPSA) is 96.0 Å². The smallest absolute Gasteiger partial charge is 0.248 e. The lowest BCUT2D eigenvalue weighted by Crippen LogP contribution is -2.40. The molecule has 2 aromatic carbocycles. The van der Waals surface area contributed by atoms with Crippen LogP contribution in [0.5, 0.6) is 0 Å². The molecule has 0 bridgehead atoms. The summed E-state index contributed by atoms with van der Waals surface area (Å²) in [7, 11) is -3.72. The number of hydrogen-bond acceptors (Lipinski definition) is 5. The Kier molecular flexibility index (Phi) is 8.78. The third kappa shape index (κ3) is 6.88. The van der Waals surface area contributed by atoms with Gasteiger partial charge >= 0.3 is 0 Å². The van der Waals surface area contributed by atoms with Gasteiger partial charge in [0.1, 0.15) is 6.61 Å². The van der Waals surface area contributed by atoms with Crippen molar-refractivity contribution in [3.05, 3.63) is 66.2 Å². The van der Waals surface area contributed by atoms with Gasteiger partial charge in [0.2, 0.25) is 21.8 Å². The van der Waals surface area contributed by atoms with Crippen LogP contribution >= 0.6 is 0 Å². The number of nitrogens with one attached hydrogen (secondary N) is 1. The monoisotopic (exact) mass is 459 g/mol. The number of nitrogens with zero attached hydrogens (tertiary/aromatic N) is 2. The number of sulfonamides is 1. The van der Waals surface area contributed by atoms with Gasteiger partial charge in [-0.1, -0.05) is 48.5 Å². The highest BCUT2D eigenvalue weighted by molar-refractivity contribution is 7.89. The van der Waals surface area contributed by atoms with Crippen molar-refractivity contribution < 1.29 is 22.7 Å². The summed E-state index contributed by atoms with van der Waals surface area (Å²) >= 11 is 0. The molecule has 0 atom stereocenters. The molecule has 172 valence electrons. The lowest BCUT2D eigenvalue weighted by Gasteiger charge is -2.24. The molecule has 1 saturated heterocycles. The van der Waals surface area contributed by atoms with Gasteiger partial charge in [-0.2, -0.15) is 4.31 Å². The lowest BCUT2D eigenvalue weighted by molar-refractivity contribution is -0.137. The third-order valence-corrected chi connectivity index (χ3v) is 7.11. The van der Waals surface area contributed by atoms with Gasteiger partial charge in [-0.25, -0.2) is 8.42 Å². The highest BCUT2D eigenvalue weighted by Crippen LogP contribution is 2.16. The fourth-order valence-electron chi connectivity index (χ4n) is 3.46. The number of rotatable bonds is 6. The third-order valence-electron chi connectivity index (χ3n) is 5.20. The Morgan fingerprint density at radius 1 is 0.938 bits per heavy atom. The SMILES string of the molecule is O=C1CCN(S(=O)(=O)c2ccccc2)CCCN(C(=O)COCc2ccccc2)CCN1. The van der Waals surface area contributed by atoms with E-state index in [4.69, 9.17) is 4.74 Å². The Balaban J connectivity index is 1.61. The Labute approximate surface area is 189 Å². The van der Waals surface area contributed by atoms with Gasteiger partial charge in [-0.05, 0) is 24.1 Å². The molecule has 1 N–H and O–H groups in total. The zero-order valence-corrected chi connectivity index (χ0v) is 18.8. The predicted octanol–water partition coefficient (Wildman–Crippen LogP) is 1.63. The maximum absolute atomic E-state index is 13.0. The number of ether oxygens (including phenoxy) is 1. The standard InChI is InChI=1S/C23H29N3O5S/c27-22-12-16-26(32(29,30)21-10-5-2-6-11-21)15-7-14-25(17-13-24-22)23(28)19-31-18-20-8-3-1-4-9-20/h1-6,8-11H,7,12-19H2,(H,24,27). The average molecular weight is 460 g/mol. The van der Waals surface area contributed by atoms with Crippen LogP contribution in [0.1, 0.15) is 18.4 Å². The molecule has 1 heterocycles. The van der Waals surface area contributed by atoms with Crippen molar-refractivity contribution in [1.82, 2.24) is 14.5 Å². The number of amides is 2. The molecular weight excluding hydrogens is 430 g/mol. The van der Waals surface area contributed by atoms with Crippen LogP contribution < -0.4 is 5.32 Å². The second-order valence-electron chi connectivity index (χ2n) is 7.53. The summed E-state index contributed by atoms with van der Waals surface area (Å²) in [5, 5.41) is 2.76. The summed E-state index contributed by atoms with van der Waals surface area (Å²) in [6.45, 7) is 1.62. The molecule has 0 spiro atoms. The van der Waals surface area contributed by atoms with Crippen LogP contribution in [0, 0.1) is 0 Å². The number of benzene rings is 2. The summed E-state index contributed by atoms with van der Waals surface area (Å²) in [5.74, 6) is -0.431. The predicted molar refractivity (Wildman–Crippen MR) is 120 cm³/mol. The first-order chi connectivity index (χ1) is 15.5. The Morgan fingerprint density at radius 3 is 2.34 bits per heavy atom. The first-order valence-corrected chi connectivity index (χ1v) is 12.1. The van der Waals surface area contributed by atoms with Crippen LogP contribution in [0.3, 0.4) is 0 Å². The summed E-state index contributed by atoms with van der Waals surface area (Å²) in [6.07, 6.45) is 0.533. The molecule has 9 heteroatoms. The molecule has 1 aliphatic heterocycles. The van der Waals surface area contributed by atoms with E-state index < -0.39 is 10.0 Å². The first kappa shape index (κ1) is 23.9. The fourth-order valence-corrected chi connectivity index (χ4v) is 4.96. The quantitative estimate of drug-likeness (QED) is 0.708. The Hall–Kier alpha value is -2.75. The normalized spacial score (nSPS) is 16.8. The van der Waals surface area contributed by atoms with Crippen LogP contribution in [0.2, 0.25) is 0 Å². The molecule has 8 nitrogen and oxygen atoms in total. The molecular formula is C23H29N3O5S. The lowest BCUT2D eigenvalue weighted by atomic mass is 10.2. The van der Waals surface area contributed by atoms with E-state index >= 15 is 0 Å². The molecule has 0 aromatic heterocycles. The second kappa shape index (κ2) is 11.8. The largest absolute Gasteiger partial charge is 0.367 e. The minimum Gasteiger partial charge on any atom is -0.367 e. The van der Waals surface area contributed by atoms with E-state index in [-0.39, 0.29) is 42.8 Å². The van der Waals surface area contributed by atoms with E-state index in [0.29, 0.717) is 32.7 Å². The van der Waals surface area contributed by atoms with E-state index in [1.54, 1.807) is 35.2 Å². The van der Waals surface area contributed by atoms with Gasteiger partial charge in [0.05, 0.1) is 11.5 Å². The summed E-state index contributed by atoms with van der Waals surface area (Å²) < 4.78 is 32.9. The summed E-state index contributed by atoms with van der Waals surface area (Å²) in [4.78, 5) is 26.6. The highest BCUT2D eigenvalue weighted by atomic mass is 32.2. The minimum absolute atomic E-state index is 0.0696. The molecule has 2 amide bonds. The number of carbonyl (C=O) groups is 2. The number of hydrogen-bond donors (Lipinski definition) is 1. The van der Waals surface area contributed by atoms with Crippen LogP contribution in [0.15, 0.2) is 65.6 Å². The molecule has 32 heavy (non-hydrogen) atoms. The first-order valence-electron chi connectivity index (χ1n) is 10.7. The molecule has 0 saturated carbocycles. The average Bonchev–Trinajstić information content (AvgIpc) is 2.85. The van der Waals surface area contributed by atoms with Gasteiger partial charge in [-0.15, -0.1) is 0 Å². The van der Waals surface area contributed by atoms with Crippen molar-refractivity contribution in [1.29, 1.82) is 0 Å². The molecule has 1 aliphatic rings. The molecule has 0 radical (unpaired) electrons. The van der Waals surface area contributed by atoms with Crippen LogP contribution in [0.25, 0.3) is 0 Å². The molecule has 2 aromatic rings. The number of carbonyl (C=O) groups excluding carboxylic acids is 2. The van der Waals surface area contributed by atoms with Gasteiger partial charge in [0, 0.05) is 39.1 Å². The molecule has 1 fully saturated rings. The van der Waals surface area contributed by atoms with Crippen molar-refractivity contribution >= 4 is 21.8 Å². The van der Waals surface area contributed by atoms with Crippen LogP contribution in [-0.2, 0) is 31.0 Å². The van der Waals surface area contributed by atoms with Crippen molar-refractivity contribution in [2.24, 2.45) is 0 Å². The van der Waals surface area contributed by atoms with Gasteiger partial charge in [0.15, 0.2) is 0 Å². The van der Waals surface area contributed by atoms with Crippen molar-refractivity contribution in [2.75, 3.05) is 39.3 Å². The molecule has 0 aliphatic carbocycles. The molecule has 3 rings (SSSR count). The fraction of sp³-hybridized carbons (Fsp3) is 0.391. The molecule has 0 unspecified atom stereocenters. The zero-order chi connectivity index (χ0) is 22.8. The second-order valence-corrected chi connectivity index (χ2v) is 9.47. The van der Waals surface area contributed by atoms with E-state index in [9.17, 15) is 18.0 Å². The minimum atomic E-state index is -3.72. The van der Waals surface area contributed by atoms with E-state index in [2.05, 4.69) is 5.32 Å². The van der Waals surface area contributed by atoms with E-state index in [1.807, 2.05) is 30.3 Å². The van der Waals surface area contributed by atoms with E-state index in [0.717, 1.165) is 5.56 Å². The maximum atomic E-state index is 13.0. The summed E-state index contributed by atoms with van der Waals surface area (Å²) in [5.41, 5.74) is 0.978. The van der Waals surface area contributed by atoms with Gasteiger partial charge < -0.3 is 15.0 Å². The summed E-state index contributed by atoms with van der Waals surface area (Å²) in [6, 6.07) is 17.8. The highest BCUT2D eigenvalue weighted by Gasteiger charge is 2.26. The van der Waals surface area contributed by atoms with Crippen molar-refractivity contribution in [2.45, 2.75) is 24.3 Å². The zero-order valence-electron chi connectivity index (χ0n) is 18.0. The van der Waals surface area contributed by atoms with Crippen molar-refractivity contribution in [3.8, 4) is 0 Å². The maximum Gasteiger partial charge on any atom is 0.248 e. The van der Waals surface area contributed by atoms with Gasteiger partial charge in [-0.3, -0.25) is 9.59 Å². The van der Waals surface area contributed by atoms with Gasteiger partial charge in [0.25, 0.3) is 0 Å². The Morgan fingerprint density at radius 2 is 1.62 bits per heavy atom. The Bertz CT molecular complexity index is 983. The van der Waals surface area contributed by atoms with E-state index in [1.165, 1.54) is 4.31 Å².